The first kappa shape index (κ1) is 35.9. The van der Waals surface area contributed by atoms with E-state index >= 15 is 0 Å². The Labute approximate surface area is 279 Å². The largest absolute Gasteiger partial charge is 0.467 e. The van der Waals surface area contributed by atoms with Gasteiger partial charge in [0.05, 0.1) is 18.1 Å². The van der Waals surface area contributed by atoms with Crippen molar-refractivity contribution in [3.05, 3.63) is 41.4 Å². The maximum Gasteiger partial charge on any atom is 0.408 e. The summed E-state index contributed by atoms with van der Waals surface area (Å²) >= 11 is 3.28. The lowest BCUT2D eigenvalue weighted by Gasteiger charge is -2.36. The van der Waals surface area contributed by atoms with Gasteiger partial charge < -0.3 is 25.0 Å². The van der Waals surface area contributed by atoms with Crippen LogP contribution in [0.5, 0.6) is 0 Å². The standard InChI is InChI=1S/C32H44BrN3O9S/c1-7-20-17-32(20,29(39)43-6)35-27(37)25-16-23(45-46(41,42)24-13-11-21(33)12-14-24)18-36(25)28(38)26(31(3,4)5)34-30(40)44-22-10-8-9-19(2)15-22/h7,11-14,19-20,22-23,25-26H,1,8-10,15-18H2,2-6H3,(H,34,40)(H,35,37). The number of esters is 1. The number of carbonyl (C=O) groups excluding carboxylic acids is 4. The van der Waals surface area contributed by atoms with E-state index in [2.05, 4.69) is 40.1 Å². The SMILES string of the molecule is C=CC1CC1(NC(=O)C1CC(OS(=O)(=O)c2ccc(Br)cc2)CN1C(=O)C(NC(=O)OC1CCCC(C)C1)C(C)(C)C)C(=O)OC. The molecule has 3 amide bonds. The lowest BCUT2D eigenvalue weighted by Crippen LogP contribution is -2.59. The van der Waals surface area contributed by atoms with Crippen molar-refractivity contribution in [2.45, 2.75) is 101 Å². The van der Waals surface area contributed by atoms with Gasteiger partial charge in [-0.15, -0.1) is 6.58 Å². The number of hydrogen-bond acceptors (Lipinski definition) is 9. The molecule has 254 valence electrons. The van der Waals surface area contributed by atoms with Crippen molar-refractivity contribution < 1.29 is 41.3 Å². The molecule has 12 nitrogen and oxygen atoms in total. The fourth-order valence-electron chi connectivity index (χ4n) is 6.29. The minimum atomic E-state index is -4.27. The zero-order valence-electron chi connectivity index (χ0n) is 26.9. The summed E-state index contributed by atoms with van der Waals surface area (Å²) in [5.41, 5.74) is -2.16. The third-order valence-electron chi connectivity index (χ3n) is 8.95. The van der Waals surface area contributed by atoms with E-state index in [0.29, 0.717) is 10.4 Å². The van der Waals surface area contributed by atoms with E-state index < -0.39 is 63.1 Å². The number of benzene rings is 1. The molecule has 0 aromatic heterocycles. The molecule has 46 heavy (non-hydrogen) atoms. The van der Waals surface area contributed by atoms with Gasteiger partial charge in [0.2, 0.25) is 11.8 Å². The second kappa shape index (κ2) is 14.0. The number of amides is 3. The Morgan fingerprint density at radius 1 is 1.11 bits per heavy atom. The molecule has 7 atom stereocenters. The van der Waals surface area contributed by atoms with Gasteiger partial charge in [-0.05, 0) is 61.3 Å². The highest BCUT2D eigenvalue weighted by Crippen LogP contribution is 2.45. The van der Waals surface area contributed by atoms with Crippen molar-refractivity contribution in [1.29, 1.82) is 0 Å². The van der Waals surface area contributed by atoms with Crippen LogP contribution in [0, 0.1) is 17.3 Å². The molecule has 7 unspecified atom stereocenters. The molecule has 2 aliphatic carbocycles. The summed E-state index contributed by atoms with van der Waals surface area (Å²) in [5, 5.41) is 5.46. The number of alkyl carbamates (subject to hydrolysis) is 1. The van der Waals surface area contributed by atoms with Crippen LogP contribution >= 0.6 is 15.9 Å². The first-order valence-corrected chi connectivity index (χ1v) is 17.7. The summed E-state index contributed by atoms with van der Waals surface area (Å²) in [6.45, 7) is 10.9. The molecule has 2 N–H and O–H groups in total. The van der Waals surface area contributed by atoms with Gasteiger partial charge in [0.15, 0.2) is 0 Å². The van der Waals surface area contributed by atoms with Crippen LogP contribution in [-0.4, -0.2) is 80.7 Å². The molecule has 2 saturated carbocycles. The predicted molar refractivity (Wildman–Crippen MR) is 172 cm³/mol. The average Bonchev–Trinajstić information content (AvgIpc) is 3.54. The monoisotopic (exact) mass is 725 g/mol. The van der Waals surface area contributed by atoms with Crippen molar-refractivity contribution in [2.24, 2.45) is 17.3 Å². The molecule has 1 saturated heterocycles. The molecule has 3 aliphatic rings. The molecule has 3 fully saturated rings. The number of ether oxygens (including phenoxy) is 2. The molecular formula is C32H44BrN3O9S. The summed E-state index contributed by atoms with van der Waals surface area (Å²) in [6, 6.07) is 3.52. The fraction of sp³-hybridized carbons (Fsp3) is 0.625. The van der Waals surface area contributed by atoms with Crippen LogP contribution < -0.4 is 10.6 Å². The maximum atomic E-state index is 14.3. The molecule has 0 bridgehead atoms. The molecule has 1 aromatic rings. The van der Waals surface area contributed by atoms with E-state index in [9.17, 15) is 27.6 Å². The van der Waals surface area contributed by atoms with E-state index in [1.165, 1.54) is 24.1 Å². The van der Waals surface area contributed by atoms with Crippen LogP contribution in [0.1, 0.15) is 66.2 Å². The fourth-order valence-corrected chi connectivity index (χ4v) is 7.63. The second-order valence-corrected chi connectivity index (χ2v) is 16.1. The van der Waals surface area contributed by atoms with Crippen LogP contribution in [0.2, 0.25) is 0 Å². The van der Waals surface area contributed by atoms with Crippen molar-refractivity contribution in [3.63, 3.8) is 0 Å². The molecule has 14 heteroatoms. The molecular weight excluding hydrogens is 682 g/mol. The van der Waals surface area contributed by atoms with Crippen LogP contribution in [0.3, 0.4) is 0 Å². The number of carbonyl (C=O) groups is 4. The Kier molecular flexibility index (Phi) is 10.9. The van der Waals surface area contributed by atoms with Crippen LogP contribution in [0.15, 0.2) is 46.3 Å². The smallest absolute Gasteiger partial charge is 0.408 e. The van der Waals surface area contributed by atoms with Crippen LogP contribution in [0.4, 0.5) is 4.79 Å². The highest BCUT2D eigenvalue weighted by Gasteiger charge is 2.62. The average molecular weight is 727 g/mol. The number of methoxy groups -OCH3 is 1. The third kappa shape index (κ3) is 8.11. The molecule has 4 rings (SSSR count). The lowest BCUT2D eigenvalue weighted by atomic mass is 9.85. The van der Waals surface area contributed by atoms with E-state index in [4.69, 9.17) is 13.7 Å². The summed E-state index contributed by atoms with van der Waals surface area (Å²) < 4.78 is 43.2. The molecule has 1 aromatic carbocycles. The zero-order valence-corrected chi connectivity index (χ0v) is 29.3. The van der Waals surface area contributed by atoms with Gasteiger partial charge in [0.1, 0.15) is 23.7 Å². The van der Waals surface area contributed by atoms with Crippen molar-refractivity contribution in [3.8, 4) is 0 Å². The van der Waals surface area contributed by atoms with Gasteiger partial charge in [-0.3, -0.25) is 13.8 Å². The van der Waals surface area contributed by atoms with Crippen molar-refractivity contribution in [2.75, 3.05) is 13.7 Å². The van der Waals surface area contributed by atoms with Crippen LogP contribution in [-0.2, 0) is 38.2 Å². The van der Waals surface area contributed by atoms with E-state index in [0.717, 1.165) is 25.7 Å². The molecule has 1 heterocycles. The molecule has 0 spiro atoms. The third-order valence-corrected chi connectivity index (χ3v) is 10.8. The van der Waals surface area contributed by atoms with Gasteiger partial charge in [-0.25, -0.2) is 9.59 Å². The minimum Gasteiger partial charge on any atom is -0.467 e. The molecule has 0 radical (unpaired) electrons. The minimum absolute atomic E-state index is 0.0908. The summed E-state index contributed by atoms with van der Waals surface area (Å²) in [5.74, 6) is -1.90. The lowest BCUT2D eigenvalue weighted by molar-refractivity contribution is -0.148. The van der Waals surface area contributed by atoms with Gasteiger partial charge in [0.25, 0.3) is 10.1 Å². The number of likely N-dealkylation sites (tertiary alicyclic amines) is 1. The second-order valence-electron chi connectivity index (χ2n) is 13.6. The highest BCUT2D eigenvalue weighted by atomic mass is 79.9. The Bertz CT molecular complexity index is 1450. The Morgan fingerprint density at radius 3 is 2.35 bits per heavy atom. The maximum absolute atomic E-state index is 14.3. The van der Waals surface area contributed by atoms with E-state index in [-0.39, 0.29) is 36.3 Å². The normalized spacial score (nSPS) is 28.5. The van der Waals surface area contributed by atoms with Gasteiger partial charge >= 0.3 is 12.1 Å². The number of halogens is 1. The highest BCUT2D eigenvalue weighted by molar-refractivity contribution is 9.10. The van der Waals surface area contributed by atoms with Crippen molar-refractivity contribution in [1.82, 2.24) is 15.5 Å². The summed E-state index contributed by atoms with van der Waals surface area (Å²) in [7, 11) is -3.06. The number of rotatable bonds is 10. The van der Waals surface area contributed by atoms with Crippen molar-refractivity contribution >= 4 is 49.9 Å². The zero-order chi connectivity index (χ0) is 34.0. The topological polar surface area (TPSA) is 157 Å². The Balaban J connectivity index is 1.59. The first-order chi connectivity index (χ1) is 21.5. The molecule has 1 aliphatic heterocycles. The summed E-state index contributed by atoms with van der Waals surface area (Å²) in [6.07, 6.45) is 3.01. The van der Waals surface area contributed by atoms with Gasteiger partial charge in [0, 0.05) is 23.4 Å². The van der Waals surface area contributed by atoms with E-state index in [1.807, 2.05) is 0 Å². The summed E-state index contributed by atoms with van der Waals surface area (Å²) in [4.78, 5) is 55.0. The van der Waals surface area contributed by atoms with E-state index in [1.54, 1.807) is 39.0 Å². The number of nitrogens with one attached hydrogen (secondary N) is 2. The quantitative estimate of drug-likeness (QED) is 0.206. The number of nitrogens with zero attached hydrogens (tertiary/aromatic N) is 1. The van der Waals surface area contributed by atoms with Crippen LogP contribution in [0.25, 0.3) is 0 Å². The number of hydrogen-bond donors (Lipinski definition) is 2. The predicted octanol–water partition coefficient (Wildman–Crippen LogP) is 4.08. The Morgan fingerprint density at radius 2 is 1.78 bits per heavy atom. The first-order valence-electron chi connectivity index (χ1n) is 15.5. The van der Waals surface area contributed by atoms with Gasteiger partial charge in [-0.2, -0.15) is 8.42 Å². The Hall–Kier alpha value is -2.97. The van der Waals surface area contributed by atoms with Gasteiger partial charge in [-0.1, -0.05) is 56.1 Å².